The Balaban J connectivity index is 1.77. The van der Waals surface area contributed by atoms with E-state index in [0.29, 0.717) is 11.5 Å². The fraction of sp³-hybridized carbons (Fsp3) is 0.333. The first-order valence-electron chi connectivity index (χ1n) is 9.59. The van der Waals surface area contributed by atoms with Gasteiger partial charge in [-0.25, -0.2) is 0 Å². The highest BCUT2D eigenvalue weighted by Gasteiger charge is 2.36. The predicted molar refractivity (Wildman–Crippen MR) is 113 cm³/mol. The van der Waals surface area contributed by atoms with Crippen LogP contribution in [0.4, 0.5) is 0 Å². The Morgan fingerprint density at radius 1 is 1.14 bits per heavy atom. The van der Waals surface area contributed by atoms with Gasteiger partial charge in [0, 0.05) is 12.4 Å². The minimum Gasteiger partial charge on any atom is -0.493 e. The lowest BCUT2D eigenvalue weighted by Crippen LogP contribution is -2.26. The molecule has 0 spiro atoms. The zero-order valence-corrected chi connectivity index (χ0v) is 16.9. The molecule has 0 N–H and O–H groups in total. The zero-order chi connectivity index (χ0) is 20.1. The number of ketones is 1. The number of carbonyl (C=O) groups excluding carboxylic acids is 1. The van der Waals surface area contributed by atoms with Crippen LogP contribution in [0.25, 0.3) is 5.57 Å². The molecule has 0 amide bonds. The van der Waals surface area contributed by atoms with Crippen LogP contribution in [0.2, 0.25) is 0 Å². The summed E-state index contributed by atoms with van der Waals surface area (Å²) in [7, 11) is 1.63. The van der Waals surface area contributed by atoms with E-state index in [2.05, 4.69) is 36.2 Å². The number of allylic oxidation sites excluding steroid dienone is 1. The summed E-state index contributed by atoms with van der Waals surface area (Å²) in [6.07, 6.45) is 5.33. The number of nitrogens with zero attached hydrogens (tertiary/aromatic N) is 1. The van der Waals surface area contributed by atoms with Crippen molar-refractivity contribution in [2.24, 2.45) is 10.4 Å². The molecule has 28 heavy (non-hydrogen) atoms. The van der Waals surface area contributed by atoms with E-state index in [1.807, 2.05) is 31.2 Å². The third-order valence-electron chi connectivity index (χ3n) is 5.31. The quantitative estimate of drug-likeness (QED) is 0.642. The summed E-state index contributed by atoms with van der Waals surface area (Å²) in [6.45, 7) is 5.55. The van der Waals surface area contributed by atoms with Gasteiger partial charge >= 0.3 is 0 Å². The number of benzene rings is 2. The highest BCUT2D eigenvalue weighted by Crippen LogP contribution is 2.41. The molecule has 0 fully saturated rings. The minimum atomic E-state index is -0.704. The maximum atomic E-state index is 12.2. The number of Topliss-reactive ketones (excluding diaryl/α,β-unsaturated/α-hetero) is 1. The summed E-state index contributed by atoms with van der Waals surface area (Å²) < 4.78 is 11.7. The average molecular weight is 377 g/mol. The van der Waals surface area contributed by atoms with Gasteiger partial charge in [0.1, 0.15) is 5.78 Å². The van der Waals surface area contributed by atoms with Crippen LogP contribution in [0.5, 0.6) is 11.5 Å². The first-order chi connectivity index (χ1) is 13.4. The van der Waals surface area contributed by atoms with Crippen LogP contribution in [0.1, 0.15) is 38.3 Å². The second kappa shape index (κ2) is 8.42. The number of rotatable bonds is 8. The molecule has 0 bridgehead atoms. The van der Waals surface area contributed by atoms with Crippen LogP contribution in [0.3, 0.4) is 0 Å². The van der Waals surface area contributed by atoms with Crippen molar-refractivity contribution in [2.75, 3.05) is 7.11 Å². The Labute approximate surface area is 166 Å². The second-order valence-electron chi connectivity index (χ2n) is 7.40. The van der Waals surface area contributed by atoms with Crippen LogP contribution in [0, 0.1) is 5.41 Å². The number of aryl methyl sites for hydroxylation is 1. The van der Waals surface area contributed by atoms with Gasteiger partial charge in [-0.3, -0.25) is 9.79 Å². The lowest BCUT2D eigenvalue weighted by molar-refractivity contribution is -0.120. The Kier molecular flexibility index (Phi) is 5.98. The van der Waals surface area contributed by atoms with Gasteiger partial charge in [-0.15, -0.1) is 0 Å². The average Bonchev–Trinajstić information content (AvgIpc) is 3.10. The van der Waals surface area contributed by atoms with Gasteiger partial charge < -0.3 is 9.47 Å². The monoisotopic (exact) mass is 377 g/mol. The summed E-state index contributed by atoms with van der Waals surface area (Å²) in [5.41, 5.74) is 2.39. The summed E-state index contributed by atoms with van der Waals surface area (Å²) in [4.78, 5) is 16.4. The van der Waals surface area contributed by atoms with Crippen molar-refractivity contribution in [3.05, 3.63) is 65.9 Å². The van der Waals surface area contributed by atoms with Crippen LogP contribution in [-0.4, -0.2) is 25.2 Å². The fourth-order valence-corrected chi connectivity index (χ4v) is 3.35. The number of aliphatic imine (C=N–C) groups is 1. The summed E-state index contributed by atoms with van der Waals surface area (Å²) >= 11 is 0. The molecule has 1 heterocycles. The molecule has 0 saturated carbocycles. The normalized spacial score (nSPS) is 19.2. The number of carbonyl (C=O) groups is 1. The van der Waals surface area contributed by atoms with E-state index in [9.17, 15) is 4.79 Å². The highest BCUT2D eigenvalue weighted by atomic mass is 16.5. The molecule has 2 unspecified atom stereocenters. The predicted octanol–water partition coefficient (Wildman–Crippen LogP) is 5.12. The molecule has 146 valence electrons. The van der Waals surface area contributed by atoms with E-state index in [1.54, 1.807) is 26.4 Å². The standard InChI is InChI=1S/C24H27NO3/c1-17(10-11-19-8-6-5-7-9-19)28-23-14-20(12-13-22(23)27-4)21-15-25-16-24(21,3)18(2)26/h5-9,12-17H,10-11H2,1-4H3. The van der Waals surface area contributed by atoms with Crippen LogP contribution < -0.4 is 9.47 Å². The summed E-state index contributed by atoms with van der Waals surface area (Å²) in [5.74, 6) is 1.42. The van der Waals surface area contributed by atoms with Crippen molar-refractivity contribution < 1.29 is 14.3 Å². The third kappa shape index (κ3) is 4.16. The number of hydrogen-bond donors (Lipinski definition) is 0. The Morgan fingerprint density at radius 3 is 2.57 bits per heavy atom. The van der Waals surface area contributed by atoms with E-state index in [-0.39, 0.29) is 11.9 Å². The molecule has 3 rings (SSSR count). The number of ether oxygens (including phenoxy) is 2. The van der Waals surface area contributed by atoms with Gasteiger partial charge in [-0.1, -0.05) is 36.4 Å². The molecule has 2 aromatic rings. The minimum absolute atomic E-state index is 0.0253. The molecule has 0 aromatic heterocycles. The molecule has 2 atom stereocenters. The van der Waals surface area contributed by atoms with Crippen LogP contribution in [-0.2, 0) is 11.2 Å². The van der Waals surface area contributed by atoms with E-state index in [0.717, 1.165) is 24.0 Å². The number of methoxy groups -OCH3 is 1. The van der Waals surface area contributed by atoms with Gasteiger partial charge in [0.25, 0.3) is 0 Å². The first-order valence-corrected chi connectivity index (χ1v) is 9.59. The maximum absolute atomic E-state index is 12.2. The Hall–Kier alpha value is -2.88. The van der Waals surface area contributed by atoms with Crippen molar-refractivity contribution in [1.29, 1.82) is 0 Å². The molecular formula is C24H27NO3. The molecule has 4 nitrogen and oxygen atoms in total. The van der Waals surface area contributed by atoms with E-state index < -0.39 is 5.41 Å². The van der Waals surface area contributed by atoms with E-state index >= 15 is 0 Å². The molecule has 1 aliphatic rings. The van der Waals surface area contributed by atoms with Gasteiger partial charge in [-0.05, 0) is 62.4 Å². The van der Waals surface area contributed by atoms with Gasteiger partial charge in [-0.2, -0.15) is 0 Å². The highest BCUT2D eigenvalue weighted by molar-refractivity contribution is 6.12. The largest absolute Gasteiger partial charge is 0.493 e. The smallest absolute Gasteiger partial charge is 0.162 e. The SMILES string of the molecule is COc1ccc(C2=CN=CC2(C)C(C)=O)cc1OC(C)CCc1ccccc1. The van der Waals surface area contributed by atoms with Crippen LogP contribution in [0.15, 0.2) is 59.7 Å². The van der Waals surface area contributed by atoms with Crippen molar-refractivity contribution in [1.82, 2.24) is 0 Å². The lowest BCUT2D eigenvalue weighted by atomic mass is 9.78. The Morgan fingerprint density at radius 2 is 1.89 bits per heavy atom. The molecule has 0 radical (unpaired) electrons. The van der Waals surface area contributed by atoms with E-state index in [4.69, 9.17) is 9.47 Å². The lowest BCUT2D eigenvalue weighted by Gasteiger charge is -2.23. The third-order valence-corrected chi connectivity index (χ3v) is 5.31. The maximum Gasteiger partial charge on any atom is 0.162 e. The van der Waals surface area contributed by atoms with Crippen molar-refractivity contribution >= 4 is 17.6 Å². The van der Waals surface area contributed by atoms with E-state index in [1.165, 1.54) is 5.56 Å². The topological polar surface area (TPSA) is 47.9 Å². The van der Waals surface area contributed by atoms with Crippen molar-refractivity contribution in [3.8, 4) is 11.5 Å². The molecule has 0 aliphatic carbocycles. The van der Waals surface area contributed by atoms with Crippen LogP contribution >= 0.6 is 0 Å². The summed E-state index contributed by atoms with van der Waals surface area (Å²) in [6, 6.07) is 16.2. The summed E-state index contributed by atoms with van der Waals surface area (Å²) in [5, 5.41) is 0. The van der Waals surface area contributed by atoms with Crippen molar-refractivity contribution in [2.45, 2.75) is 39.7 Å². The molecule has 4 heteroatoms. The second-order valence-corrected chi connectivity index (χ2v) is 7.40. The van der Waals surface area contributed by atoms with Gasteiger partial charge in [0.05, 0.1) is 18.6 Å². The molecule has 1 aliphatic heterocycles. The fourth-order valence-electron chi connectivity index (χ4n) is 3.35. The number of hydrogen-bond acceptors (Lipinski definition) is 4. The first kappa shape index (κ1) is 19.9. The van der Waals surface area contributed by atoms with Gasteiger partial charge in [0.2, 0.25) is 0 Å². The zero-order valence-electron chi connectivity index (χ0n) is 16.9. The van der Waals surface area contributed by atoms with Crippen molar-refractivity contribution in [3.63, 3.8) is 0 Å². The molecular weight excluding hydrogens is 350 g/mol. The molecule has 2 aromatic carbocycles. The molecule has 0 saturated heterocycles. The van der Waals surface area contributed by atoms with Gasteiger partial charge in [0.15, 0.2) is 11.5 Å². The Bertz CT molecular complexity index is 901.